The highest BCUT2D eigenvalue weighted by Gasteiger charge is 2.28. The number of aromatic nitrogens is 1. The van der Waals surface area contributed by atoms with Crippen LogP contribution in [0.5, 0.6) is 11.5 Å². The van der Waals surface area contributed by atoms with E-state index in [0.29, 0.717) is 24.5 Å². The quantitative estimate of drug-likeness (QED) is 0.763. The molecule has 2 heterocycles. The number of likely N-dealkylation sites (tertiary alicyclic amines) is 1. The number of hydrogen-bond acceptors (Lipinski definition) is 4. The molecule has 0 saturated carbocycles. The van der Waals surface area contributed by atoms with E-state index in [9.17, 15) is 4.79 Å². The van der Waals surface area contributed by atoms with Gasteiger partial charge in [0.25, 0.3) is 0 Å². The van der Waals surface area contributed by atoms with Crippen molar-refractivity contribution in [3.05, 3.63) is 60.8 Å². The standard InChI is InChI=1S/C21H21N3O3/c1-26-18-9-3-2-8-17(18)23-21(25)24-13-11-16(14-24)27-19-10-4-6-15-7-5-12-22-20(15)19/h2-10,12,16H,11,13-14H2,1H3,(H,23,25). The lowest BCUT2D eigenvalue weighted by atomic mass is 10.2. The fourth-order valence-electron chi connectivity index (χ4n) is 3.30. The zero-order valence-electron chi connectivity index (χ0n) is 15.1. The summed E-state index contributed by atoms with van der Waals surface area (Å²) in [7, 11) is 1.59. The van der Waals surface area contributed by atoms with Crippen LogP contribution in [0.4, 0.5) is 10.5 Å². The molecular weight excluding hydrogens is 342 g/mol. The van der Waals surface area contributed by atoms with Gasteiger partial charge < -0.3 is 19.7 Å². The van der Waals surface area contributed by atoms with Gasteiger partial charge in [0.05, 0.1) is 19.3 Å². The third-order valence-electron chi connectivity index (χ3n) is 4.67. The molecule has 6 nitrogen and oxygen atoms in total. The first-order chi connectivity index (χ1) is 13.2. The molecule has 0 radical (unpaired) electrons. The fraction of sp³-hybridized carbons (Fsp3) is 0.238. The number of nitrogens with one attached hydrogen (secondary N) is 1. The molecule has 0 aliphatic carbocycles. The van der Waals surface area contributed by atoms with Crippen LogP contribution in [0.3, 0.4) is 0 Å². The summed E-state index contributed by atoms with van der Waals surface area (Å²) in [5, 5.41) is 3.95. The van der Waals surface area contributed by atoms with E-state index in [-0.39, 0.29) is 12.1 Å². The van der Waals surface area contributed by atoms with Gasteiger partial charge in [-0.15, -0.1) is 0 Å². The Balaban J connectivity index is 1.42. The van der Waals surface area contributed by atoms with Crippen molar-refractivity contribution in [2.75, 3.05) is 25.5 Å². The molecule has 2 aromatic carbocycles. The van der Waals surface area contributed by atoms with Crippen molar-refractivity contribution in [2.45, 2.75) is 12.5 Å². The number of amides is 2. The fourth-order valence-corrected chi connectivity index (χ4v) is 3.30. The molecule has 0 spiro atoms. The van der Waals surface area contributed by atoms with E-state index in [0.717, 1.165) is 23.1 Å². The molecule has 1 aliphatic rings. The van der Waals surface area contributed by atoms with Crippen LogP contribution in [0.15, 0.2) is 60.8 Å². The van der Waals surface area contributed by atoms with E-state index in [1.807, 2.05) is 54.6 Å². The van der Waals surface area contributed by atoms with Crippen molar-refractivity contribution in [3.8, 4) is 11.5 Å². The molecule has 6 heteroatoms. The number of para-hydroxylation sites is 3. The largest absolute Gasteiger partial charge is 0.495 e. The van der Waals surface area contributed by atoms with Gasteiger partial charge in [0.15, 0.2) is 0 Å². The lowest BCUT2D eigenvalue weighted by molar-refractivity contribution is 0.196. The molecule has 1 unspecified atom stereocenters. The normalized spacial score (nSPS) is 16.3. The Morgan fingerprint density at radius 3 is 2.81 bits per heavy atom. The summed E-state index contributed by atoms with van der Waals surface area (Å²) in [6.07, 6.45) is 2.49. The molecule has 2 amide bonds. The van der Waals surface area contributed by atoms with Gasteiger partial charge in [-0.3, -0.25) is 4.98 Å². The van der Waals surface area contributed by atoms with E-state index >= 15 is 0 Å². The number of methoxy groups -OCH3 is 1. The summed E-state index contributed by atoms with van der Waals surface area (Å²) in [5.74, 6) is 1.39. The van der Waals surface area contributed by atoms with Crippen LogP contribution in [-0.2, 0) is 0 Å². The predicted molar refractivity (Wildman–Crippen MR) is 104 cm³/mol. The zero-order valence-corrected chi connectivity index (χ0v) is 15.1. The number of anilines is 1. The minimum atomic E-state index is -0.151. The summed E-state index contributed by atoms with van der Waals surface area (Å²) in [6.45, 7) is 1.17. The SMILES string of the molecule is COc1ccccc1NC(=O)N1CCC(Oc2cccc3cccnc23)C1. The molecule has 1 aliphatic heterocycles. The molecule has 0 bridgehead atoms. The van der Waals surface area contributed by atoms with E-state index in [1.165, 1.54) is 0 Å². The summed E-state index contributed by atoms with van der Waals surface area (Å²) in [5.41, 5.74) is 1.50. The van der Waals surface area contributed by atoms with Crippen molar-refractivity contribution in [2.24, 2.45) is 0 Å². The van der Waals surface area contributed by atoms with Crippen molar-refractivity contribution < 1.29 is 14.3 Å². The van der Waals surface area contributed by atoms with Crippen molar-refractivity contribution in [1.29, 1.82) is 0 Å². The Bertz CT molecular complexity index is 955. The van der Waals surface area contributed by atoms with Gasteiger partial charge in [0.2, 0.25) is 0 Å². The number of ether oxygens (including phenoxy) is 2. The Kier molecular flexibility index (Phi) is 4.78. The van der Waals surface area contributed by atoms with Crippen LogP contribution in [0.2, 0.25) is 0 Å². The van der Waals surface area contributed by atoms with Gasteiger partial charge >= 0.3 is 6.03 Å². The van der Waals surface area contributed by atoms with Crippen molar-refractivity contribution in [1.82, 2.24) is 9.88 Å². The van der Waals surface area contributed by atoms with Crippen LogP contribution >= 0.6 is 0 Å². The average molecular weight is 363 g/mol. The lowest BCUT2D eigenvalue weighted by Crippen LogP contribution is -2.34. The van der Waals surface area contributed by atoms with E-state index in [2.05, 4.69) is 10.3 Å². The molecule has 27 heavy (non-hydrogen) atoms. The summed E-state index contributed by atoms with van der Waals surface area (Å²) in [4.78, 5) is 18.8. The molecule has 1 N–H and O–H groups in total. The highest BCUT2D eigenvalue weighted by atomic mass is 16.5. The third kappa shape index (κ3) is 3.65. The minimum absolute atomic E-state index is 0.0546. The zero-order chi connectivity index (χ0) is 18.6. The van der Waals surface area contributed by atoms with Crippen LogP contribution in [0.25, 0.3) is 10.9 Å². The van der Waals surface area contributed by atoms with Crippen LogP contribution < -0.4 is 14.8 Å². The first-order valence-corrected chi connectivity index (χ1v) is 8.94. The highest BCUT2D eigenvalue weighted by Crippen LogP contribution is 2.27. The van der Waals surface area contributed by atoms with Crippen LogP contribution in [-0.4, -0.2) is 42.2 Å². The molecular formula is C21H21N3O3. The molecule has 1 saturated heterocycles. The smallest absolute Gasteiger partial charge is 0.322 e. The van der Waals surface area contributed by atoms with Crippen LogP contribution in [0.1, 0.15) is 6.42 Å². The van der Waals surface area contributed by atoms with Gasteiger partial charge in [0, 0.05) is 24.5 Å². The third-order valence-corrected chi connectivity index (χ3v) is 4.67. The average Bonchev–Trinajstić information content (AvgIpc) is 3.17. The number of hydrogen-bond donors (Lipinski definition) is 1. The number of carbonyl (C=O) groups is 1. The van der Waals surface area contributed by atoms with E-state index in [1.54, 1.807) is 18.2 Å². The van der Waals surface area contributed by atoms with E-state index in [4.69, 9.17) is 9.47 Å². The lowest BCUT2D eigenvalue weighted by Gasteiger charge is -2.19. The Hall–Kier alpha value is -3.28. The predicted octanol–water partition coefficient (Wildman–Crippen LogP) is 3.93. The molecule has 138 valence electrons. The monoisotopic (exact) mass is 363 g/mol. The summed E-state index contributed by atoms with van der Waals surface area (Å²) in [6, 6.07) is 17.0. The topological polar surface area (TPSA) is 63.7 Å². The Labute approximate surface area is 157 Å². The number of rotatable bonds is 4. The molecule has 3 aromatic rings. The number of pyridine rings is 1. The number of urea groups is 1. The second-order valence-corrected chi connectivity index (χ2v) is 6.44. The first-order valence-electron chi connectivity index (χ1n) is 8.94. The first kappa shape index (κ1) is 17.1. The number of benzene rings is 2. The Morgan fingerprint density at radius 1 is 1.11 bits per heavy atom. The molecule has 1 fully saturated rings. The van der Waals surface area contributed by atoms with Gasteiger partial charge in [-0.2, -0.15) is 0 Å². The maximum absolute atomic E-state index is 12.6. The summed E-state index contributed by atoms with van der Waals surface area (Å²) >= 11 is 0. The highest BCUT2D eigenvalue weighted by molar-refractivity contribution is 5.91. The molecule has 1 aromatic heterocycles. The summed E-state index contributed by atoms with van der Waals surface area (Å²) < 4.78 is 11.4. The maximum Gasteiger partial charge on any atom is 0.322 e. The van der Waals surface area contributed by atoms with Gasteiger partial charge in [-0.25, -0.2) is 4.79 Å². The number of nitrogens with zero attached hydrogens (tertiary/aromatic N) is 2. The van der Waals surface area contributed by atoms with Crippen molar-refractivity contribution >= 4 is 22.6 Å². The van der Waals surface area contributed by atoms with Gasteiger partial charge in [-0.1, -0.05) is 30.3 Å². The van der Waals surface area contributed by atoms with Crippen LogP contribution in [0, 0.1) is 0 Å². The molecule has 4 rings (SSSR count). The van der Waals surface area contributed by atoms with E-state index < -0.39 is 0 Å². The number of carbonyl (C=O) groups excluding carboxylic acids is 1. The second-order valence-electron chi connectivity index (χ2n) is 6.44. The number of fused-ring (bicyclic) bond motifs is 1. The Morgan fingerprint density at radius 2 is 1.93 bits per heavy atom. The second kappa shape index (κ2) is 7.53. The van der Waals surface area contributed by atoms with Crippen molar-refractivity contribution in [3.63, 3.8) is 0 Å². The minimum Gasteiger partial charge on any atom is -0.495 e. The van der Waals surface area contributed by atoms with Gasteiger partial charge in [-0.05, 0) is 24.3 Å². The maximum atomic E-state index is 12.6. The van der Waals surface area contributed by atoms with Gasteiger partial charge in [0.1, 0.15) is 23.1 Å². The molecule has 1 atom stereocenters.